The van der Waals surface area contributed by atoms with Gasteiger partial charge in [-0.2, -0.15) is 0 Å². The summed E-state index contributed by atoms with van der Waals surface area (Å²) in [5.74, 6) is 0.125. The largest absolute Gasteiger partial charge is 0.348 e. The molecule has 6 nitrogen and oxygen atoms in total. The molecule has 1 amide bonds. The lowest BCUT2D eigenvalue weighted by Crippen LogP contribution is -2.39. The number of nitrogens with one attached hydrogen (secondary N) is 3. The van der Waals surface area contributed by atoms with Crippen molar-refractivity contribution in [3.8, 4) is 0 Å². The van der Waals surface area contributed by atoms with E-state index in [2.05, 4.69) is 22.4 Å². The van der Waals surface area contributed by atoms with E-state index in [1.54, 1.807) is 0 Å². The minimum absolute atomic E-state index is 0.00364. The lowest BCUT2D eigenvalue weighted by atomic mass is 9.82. The van der Waals surface area contributed by atoms with Gasteiger partial charge in [0.1, 0.15) is 5.69 Å². The molecule has 3 rings (SSSR count). The van der Waals surface area contributed by atoms with Crippen molar-refractivity contribution in [2.45, 2.75) is 37.6 Å². The van der Waals surface area contributed by atoms with Crippen LogP contribution in [0.1, 0.15) is 47.7 Å². The highest BCUT2D eigenvalue weighted by Gasteiger charge is 2.24. The van der Waals surface area contributed by atoms with Crippen LogP contribution in [0.5, 0.6) is 0 Å². The van der Waals surface area contributed by atoms with Crippen molar-refractivity contribution in [2.24, 2.45) is 0 Å². The van der Waals surface area contributed by atoms with Crippen LogP contribution in [0.25, 0.3) is 0 Å². The Morgan fingerprint density at radius 3 is 2.35 bits per heavy atom. The van der Waals surface area contributed by atoms with Crippen molar-refractivity contribution in [3.05, 3.63) is 68.5 Å². The molecule has 0 spiro atoms. The Bertz CT molecular complexity index is 758. The van der Waals surface area contributed by atoms with Gasteiger partial charge in [-0.3, -0.25) is 14.6 Å². The summed E-state index contributed by atoms with van der Waals surface area (Å²) in [6, 6.07) is 11.6. The molecule has 1 aliphatic carbocycles. The monoisotopic (exact) mass is 313 g/mol. The Morgan fingerprint density at radius 1 is 1.00 bits per heavy atom. The van der Waals surface area contributed by atoms with E-state index in [9.17, 15) is 14.4 Å². The van der Waals surface area contributed by atoms with Gasteiger partial charge in [0.25, 0.3) is 11.5 Å². The van der Waals surface area contributed by atoms with Gasteiger partial charge >= 0.3 is 5.69 Å². The number of aromatic amines is 2. The number of hydrogen-bond acceptors (Lipinski definition) is 3. The summed E-state index contributed by atoms with van der Waals surface area (Å²) in [4.78, 5) is 39.0. The van der Waals surface area contributed by atoms with Crippen LogP contribution in [-0.4, -0.2) is 21.9 Å². The normalized spacial score (nSPS) is 20.9. The van der Waals surface area contributed by atoms with Gasteiger partial charge in [-0.15, -0.1) is 0 Å². The predicted molar refractivity (Wildman–Crippen MR) is 86.6 cm³/mol. The van der Waals surface area contributed by atoms with E-state index in [1.807, 2.05) is 23.2 Å². The third-order valence-electron chi connectivity index (χ3n) is 4.34. The van der Waals surface area contributed by atoms with Gasteiger partial charge < -0.3 is 10.3 Å². The Hall–Kier alpha value is -2.63. The topological polar surface area (TPSA) is 94.8 Å². The first-order chi connectivity index (χ1) is 11.1. The molecule has 1 heterocycles. The zero-order valence-corrected chi connectivity index (χ0v) is 12.7. The molecule has 6 heteroatoms. The summed E-state index contributed by atoms with van der Waals surface area (Å²) < 4.78 is 0. The van der Waals surface area contributed by atoms with Crippen molar-refractivity contribution in [1.82, 2.24) is 15.3 Å². The summed E-state index contributed by atoms with van der Waals surface area (Å²) in [6.45, 7) is 0. The average Bonchev–Trinajstić information content (AvgIpc) is 2.55. The molecule has 1 fully saturated rings. The quantitative estimate of drug-likeness (QED) is 0.802. The summed E-state index contributed by atoms with van der Waals surface area (Å²) in [5.41, 5.74) is 0.0993. The SMILES string of the molecule is O=C(N[C@H]1CC[C@@H](c2ccccc2)CC1)c1cc(=O)[nH]c(=O)[nH]1. The predicted octanol–water partition coefficient (Wildman–Crippen LogP) is 1.52. The van der Waals surface area contributed by atoms with Gasteiger partial charge in [0.05, 0.1) is 0 Å². The number of hydrogen-bond donors (Lipinski definition) is 3. The fraction of sp³-hybridized carbons (Fsp3) is 0.353. The number of amides is 1. The van der Waals surface area contributed by atoms with E-state index in [1.165, 1.54) is 5.56 Å². The highest BCUT2D eigenvalue weighted by atomic mass is 16.2. The summed E-state index contributed by atoms with van der Waals surface area (Å²) in [5, 5.41) is 2.90. The molecule has 1 aromatic heterocycles. The van der Waals surface area contributed by atoms with Gasteiger partial charge in [-0.1, -0.05) is 30.3 Å². The third-order valence-corrected chi connectivity index (χ3v) is 4.34. The summed E-state index contributed by atoms with van der Waals surface area (Å²) >= 11 is 0. The highest BCUT2D eigenvalue weighted by molar-refractivity contribution is 5.92. The number of rotatable bonds is 3. The molecule has 2 aromatic rings. The Labute approximate surface area is 133 Å². The smallest absolute Gasteiger partial charge is 0.326 e. The first kappa shape index (κ1) is 15.3. The van der Waals surface area contributed by atoms with Crippen molar-refractivity contribution in [2.75, 3.05) is 0 Å². The van der Waals surface area contributed by atoms with E-state index in [0.717, 1.165) is 31.7 Å². The molecule has 0 aliphatic heterocycles. The molecular formula is C17H19N3O3. The Morgan fingerprint density at radius 2 is 1.70 bits per heavy atom. The molecule has 120 valence electrons. The molecular weight excluding hydrogens is 294 g/mol. The lowest BCUT2D eigenvalue weighted by Gasteiger charge is -2.29. The molecule has 1 aromatic carbocycles. The molecule has 0 saturated heterocycles. The third kappa shape index (κ3) is 3.77. The zero-order chi connectivity index (χ0) is 16.2. The van der Waals surface area contributed by atoms with Crippen LogP contribution in [-0.2, 0) is 0 Å². The van der Waals surface area contributed by atoms with Gasteiger partial charge in [0.2, 0.25) is 0 Å². The maximum atomic E-state index is 12.1. The molecule has 0 radical (unpaired) electrons. The first-order valence-corrected chi connectivity index (χ1v) is 7.81. The summed E-state index contributed by atoms with van der Waals surface area (Å²) in [6.07, 6.45) is 3.80. The molecule has 3 N–H and O–H groups in total. The van der Waals surface area contributed by atoms with Gasteiger partial charge in [0, 0.05) is 12.1 Å². The van der Waals surface area contributed by atoms with E-state index in [-0.39, 0.29) is 11.7 Å². The Kier molecular flexibility index (Phi) is 4.41. The van der Waals surface area contributed by atoms with E-state index in [0.29, 0.717) is 5.92 Å². The highest BCUT2D eigenvalue weighted by Crippen LogP contribution is 2.32. The summed E-state index contributed by atoms with van der Waals surface area (Å²) in [7, 11) is 0. The van der Waals surface area contributed by atoms with Crippen LogP contribution in [0.2, 0.25) is 0 Å². The standard InChI is InChI=1S/C17H19N3O3/c21-15-10-14(19-17(23)20-15)16(22)18-13-8-6-12(7-9-13)11-4-2-1-3-5-11/h1-5,10,12-13H,6-9H2,(H,18,22)(H2,19,20,21,23)/t12-,13+. The molecule has 23 heavy (non-hydrogen) atoms. The second-order valence-electron chi connectivity index (χ2n) is 5.93. The van der Waals surface area contributed by atoms with E-state index in [4.69, 9.17) is 0 Å². The molecule has 0 bridgehead atoms. The van der Waals surface area contributed by atoms with Crippen molar-refractivity contribution in [3.63, 3.8) is 0 Å². The minimum atomic E-state index is -0.671. The molecule has 0 unspecified atom stereocenters. The minimum Gasteiger partial charge on any atom is -0.348 e. The van der Waals surface area contributed by atoms with Crippen LogP contribution >= 0.6 is 0 Å². The van der Waals surface area contributed by atoms with Crippen LogP contribution < -0.4 is 16.6 Å². The first-order valence-electron chi connectivity index (χ1n) is 7.81. The van der Waals surface area contributed by atoms with Gasteiger partial charge in [-0.25, -0.2) is 4.79 Å². The number of benzene rings is 1. The molecule has 1 aliphatic rings. The van der Waals surface area contributed by atoms with Gasteiger partial charge in [0.15, 0.2) is 0 Å². The van der Waals surface area contributed by atoms with Crippen LogP contribution in [0, 0.1) is 0 Å². The fourth-order valence-electron chi connectivity index (χ4n) is 3.15. The number of carbonyl (C=O) groups is 1. The maximum absolute atomic E-state index is 12.1. The molecule has 0 atom stereocenters. The van der Waals surface area contributed by atoms with Crippen molar-refractivity contribution in [1.29, 1.82) is 0 Å². The average molecular weight is 313 g/mol. The van der Waals surface area contributed by atoms with Crippen LogP contribution in [0.4, 0.5) is 0 Å². The zero-order valence-electron chi connectivity index (χ0n) is 12.7. The fourth-order valence-corrected chi connectivity index (χ4v) is 3.15. The van der Waals surface area contributed by atoms with Crippen molar-refractivity contribution < 1.29 is 4.79 Å². The Balaban J connectivity index is 1.59. The number of aromatic nitrogens is 2. The number of carbonyl (C=O) groups excluding carboxylic acids is 1. The van der Waals surface area contributed by atoms with Crippen LogP contribution in [0.3, 0.4) is 0 Å². The number of H-pyrrole nitrogens is 2. The van der Waals surface area contributed by atoms with Gasteiger partial charge in [-0.05, 0) is 37.2 Å². The maximum Gasteiger partial charge on any atom is 0.326 e. The van der Waals surface area contributed by atoms with Crippen molar-refractivity contribution >= 4 is 5.91 Å². The van der Waals surface area contributed by atoms with E-state index >= 15 is 0 Å². The second kappa shape index (κ2) is 6.64. The second-order valence-corrected chi connectivity index (χ2v) is 5.93. The molecule has 1 saturated carbocycles. The van der Waals surface area contributed by atoms with E-state index < -0.39 is 17.2 Å². The van der Waals surface area contributed by atoms with Crippen LogP contribution in [0.15, 0.2) is 46.0 Å². The lowest BCUT2D eigenvalue weighted by molar-refractivity contribution is 0.0920.